The molecule has 0 aliphatic heterocycles. The first-order valence-corrected chi connectivity index (χ1v) is 7.47. The van der Waals surface area contributed by atoms with Gasteiger partial charge in [0.05, 0.1) is 0 Å². The Kier molecular flexibility index (Phi) is 5.59. The molecule has 0 amide bonds. The Balaban J connectivity index is 1.86. The Bertz CT molecular complexity index is 425. The lowest BCUT2D eigenvalue weighted by molar-refractivity contribution is 0.487. The maximum absolute atomic E-state index is 13.8. The topological polar surface area (TPSA) is 12.0 Å². The van der Waals surface area contributed by atoms with E-state index in [1.807, 2.05) is 12.1 Å². The number of allylic oxidation sites excluding steroid dienone is 1. The van der Waals surface area contributed by atoms with Crippen molar-refractivity contribution in [3.8, 4) is 0 Å². The fraction of sp³-hybridized carbons (Fsp3) is 0.529. The van der Waals surface area contributed by atoms with Gasteiger partial charge < -0.3 is 5.32 Å². The average Bonchev–Trinajstić information content (AvgIpc) is 2.46. The van der Waals surface area contributed by atoms with Crippen LogP contribution in [0.15, 0.2) is 35.9 Å². The second-order valence-electron chi connectivity index (χ2n) is 5.29. The molecule has 1 aliphatic carbocycles. The third kappa shape index (κ3) is 4.17. The summed E-state index contributed by atoms with van der Waals surface area (Å²) in [6, 6.07) is 7.22. The maximum Gasteiger partial charge on any atom is 0.127 e. The third-order valence-corrected chi connectivity index (χ3v) is 3.91. The fourth-order valence-electron chi connectivity index (χ4n) is 2.77. The fourth-order valence-corrected chi connectivity index (χ4v) is 2.77. The molecule has 104 valence electrons. The van der Waals surface area contributed by atoms with Gasteiger partial charge in [0.2, 0.25) is 0 Å². The second-order valence-corrected chi connectivity index (χ2v) is 5.29. The van der Waals surface area contributed by atoms with Crippen molar-refractivity contribution in [1.82, 2.24) is 5.32 Å². The molecule has 0 saturated carbocycles. The first-order valence-electron chi connectivity index (χ1n) is 7.47. The van der Waals surface area contributed by atoms with Crippen LogP contribution in [0.1, 0.15) is 57.1 Å². The van der Waals surface area contributed by atoms with Crippen molar-refractivity contribution in [1.29, 1.82) is 0 Å². The normalized spacial score (nSPS) is 17.1. The molecule has 0 fully saturated rings. The molecule has 1 aromatic carbocycles. The van der Waals surface area contributed by atoms with E-state index < -0.39 is 0 Å². The van der Waals surface area contributed by atoms with E-state index in [2.05, 4.69) is 18.3 Å². The predicted octanol–water partition coefficient (Wildman–Crippen LogP) is 4.76. The largest absolute Gasteiger partial charge is 0.310 e. The van der Waals surface area contributed by atoms with Crippen LogP contribution in [0, 0.1) is 5.82 Å². The first-order chi connectivity index (χ1) is 9.31. The summed E-state index contributed by atoms with van der Waals surface area (Å²) in [7, 11) is 0. The highest BCUT2D eigenvalue weighted by Crippen LogP contribution is 2.22. The Morgan fingerprint density at radius 2 is 2.11 bits per heavy atom. The van der Waals surface area contributed by atoms with E-state index in [1.165, 1.54) is 25.7 Å². The van der Waals surface area contributed by atoms with Crippen LogP contribution in [0.4, 0.5) is 4.39 Å². The van der Waals surface area contributed by atoms with Crippen LogP contribution in [-0.4, -0.2) is 6.54 Å². The molecule has 0 saturated heterocycles. The lowest BCUT2D eigenvalue weighted by atomic mass is 9.97. The molecule has 1 nitrogen and oxygen atoms in total. The lowest BCUT2D eigenvalue weighted by Gasteiger charge is -2.19. The van der Waals surface area contributed by atoms with Crippen LogP contribution in [-0.2, 0) is 0 Å². The minimum atomic E-state index is -0.0984. The van der Waals surface area contributed by atoms with Crippen LogP contribution >= 0.6 is 0 Å². The number of nitrogens with one attached hydrogen (secondary N) is 1. The van der Waals surface area contributed by atoms with E-state index in [4.69, 9.17) is 0 Å². The maximum atomic E-state index is 13.8. The molecule has 1 unspecified atom stereocenters. The van der Waals surface area contributed by atoms with Gasteiger partial charge in [-0.3, -0.25) is 0 Å². The van der Waals surface area contributed by atoms with Crippen molar-refractivity contribution < 1.29 is 4.39 Å². The van der Waals surface area contributed by atoms with E-state index in [1.54, 1.807) is 17.7 Å². The van der Waals surface area contributed by atoms with Gasteiger partial charge in [0.25, 0.3) is 0 Å². The number of hydrogen-bond acceptors (Lipinski definition) is 1. The van der Waals surface area contributed by atoms with Crippen LogP contribution in [0.25, 0.3) is 0 Å². The van der Waals surface area contributed by atoms with E-state index in [0.717, 1.165) is 24.9 Å². The summed E-state index contributed by atoms with van der Waals surface area (Å²) in [5.74, 6) is -0.0984. The smallest absolute Gasteiger partial charge is 0.127 e. The second kappa shape index (κ2) is 7.44. The molecule has 1 aromatic rings. The van der Waals surface area contributed by atoms with Gasteiger partial charge in [0, 0.05) is 11.6 Å². The minimum Gasteiger partial charge on any atom is -0.310 e. The van der Waals surface area contributed by atoms with Crippen LogP contribution < -0.4 is 5.32 Å². The summed E-state index contributed by atoms with van der Waals surface area (Å²) in [6.45, 7) is 3.04. The number of benzene rings is 1. The van der Waals surface area contributed by atoms with Gasteiger partial charge in [0.15, 0.2) is 0 Å². The molecule has 0 spiro atoms. The molecule has 1 atom stereocenters. The predicted molar refractivity (Wildman–Crippen MR) is 78.6 cm³/mol. The molecular weight excluding hydrogens is 237 g/mol. The highest BCUT2D eigenvalue weighted by molar-refractivity contribution is 5.21. The number of hydrogen-bond donors (Lipinski definition) is 1. The van der Waals surface area contributed by atoms with Crippen molar-refractivity contribution in [2.24, 2.45) is 0 Å². The molecular formula is C17H24FN. The van der Waals surface area contributed by atoms with Crippen molar-refractivity contribution in [3.05, 3.63) is 47.3 Å². The van der Waals surface area contributed by atoms with Crippen LogP contribution in [0.3, 0.4) is 0 Å². The highest BCUT2D eigenvalue weighted by atomic mass is 19.1. The highest BCUT2D eigenvalue weighted by Gasteiger charge is 2.13. The van der Waals surface area contributed by atoms with Gasteiger partial charge in [-0.25, -0.2) is 4.39 Å². The van der Waals surface area contributed by atoms with E-state index >= 15 is 0 Å². The molecule has 2 rings (SSSR count). The summed E-state index contributed by atoms with van der Waals surface area (Å²) in [5, 5.41) is 3.49. The van der Waals surface area contributed by atoms with Gasteiger partial charge in [-0.1, -0.05) is 36.8 Å². The monoisotopic (exact) mass is 261 g/mol. The first kappa shape index (κ1) is 14.3. The van der Waals surface area contributed by atoms with E-state index in [0.29, 0.717) is 0 Å². The van der Waals surface area contributed by atoms with Crippen LogP contribution in [0.2, 0.25) is 0 Å². The Labute approximate surface area is 115 Å². The van der Waals surface area contributed by atoms with Crippen molar-refractivity contribution in [2.45, 2.75) is 51.5 Å². The number of halogens is 1. The SMILES string of the molecule is CCC(NCCC1=CCCCC1)c1ccccc1F. The Morgan fingerprint density at radius 3 is 2.79 bits per heavy atom. The van der Waals surface area contributed by atoms with Gasteiger partial charge >= 0.3 is 0 Å². The molecule has 19 heavy (non-hydrogen) atoms. The Hall–Kier alpha value is -1.15. The lowest BCUT2D eigenvalue weighted by Crippen LogP contribution is -2.23. The standard InChI is InChI=1S/C17H24FN/c1-2-17(15-10-6-7-11-16(15)18)19-13-12-14-8-4-3-5-9-14/h6-8,10-11,17,19H,2-5,9,12-13H2,1H3. The Morgan fingerprint density at radius 1 is 1.26 bits per heavy atom. The average molecular weight is 261 g/mol. The molecule has 1 aliphatic rings. The zero-order chi connectivity index (χ0) is 13.5. The third-order valence-electron chi connectivity index (χ3n) is 3.91. The molecule has 0 heterocycles. The summed E-state index contributed by atoms with van der Waals surface area (Å²) in [4.78, 5) is 0. The summed E-state index contributed by atoms with van der Waals surface area (Å²) < 4.78 is 13.8. The summed E-state index contributed by atoms with van der Waals surface area (Å²) in [6.07, 6.45) is 9.55. The molecule has 0 radical (unpaired) electrons. The summed E-state index contributed by atoms with van der Waals surface area (Å²) in [5.41, 5.74) is 2.37. The minimum absolute atomic E-state index is 0.0984. The van der Waals surface area contributed by atoms with Crippen molar-refractivity contribution >= 4 is 0 Å². The van der Waals surface area contributed by atoms with Gasteiger partial charge in [-0.15, -0.1) is 0 Å². The molecule has 0 bridgehead atoms. The van der Waals surface area contributed by atoms with E-state index in [9.17, 15) is 4.39 Å². The van der Waals surface area contributed by atoms with Crippen molar-refractivity contribution in [3.63, 3.8) is 0 Å². The van der Waals surface area contributed by atoms with Gasteiger partial charge in [-0.2, -0.15) is 0 Å². The molecule has 1 N–H and O–H groups in total. The summed E-state index contributed by atoms with van der Waals surface area (Å²) >= 11 is 0. The van der Waals surface area contributed by atoms with Gasteiger partial charge in [-0.05, 0) is 51.1 Å². The zero-order valence-electron chi connectivity index (χ0n) is 11.8. The zero-order valence-corrected chi connectivity index (χ0v) is 11.8. The quantitative estimate of drug-likeness (QED) is 0.728. The van der Waals surface area contributed by atoms with E-state index in [-0.39, 0.29) is 11.9 Å². The van der Waals surface area contributed by atoms with Gasteiger partial charge in [0.1, 0.15) is 5.82 Å². The van der Waals surface area contributed by atoms with Crippen LogP contribution in [0.5, 0.6) is 0 Å². The van der Waals surface area contributed by atoms with Crippen molar-refractivity contribution in [2.75, 3.05) is 6.54 Å². The molecule has 2 heteroatoms. The molecule has 0 aromatic heterocycles. The number of rotatable bonds is 6.